The molecule has 0 aliphatic heterocycles. The van der Waals surface area contributed by atoms with Gasteiger partial charge in [-0.25, -0.2) is 4.79 Å². The van der Waals surface area contributed by atoms with Gasteiger partial charge in [0.25, 0.3) is 5.91 Å². The highest BCUT2D eigenvalue weighted by Crippen LogP contribution is 2.27. The SMILES string of the molecule is Cc1csc(C(=O)Nc2ccc(/C=C/C(=O)O)cc2)c1Cl. The van der Waals surface area contributed by atoms with Crippen molar-refractivity contribution in [2.75, 3.05) is 5.32 Å². The van der Waals surface area contributed by atoms with Crippen molar-refractivity contribution in [1.29, 1.82) is 0 Å². The molecule has 1 heterocycles. The van der Waals surface area contributed by atoms with E-state index in [4.69, 9.17) is 16.7 Å². The number of carbonyl (C=O) groups excluding carboxylic acids is 1. The van der Waals surface area contributed by atoms with E-state index in [-0.39, 0.29) is 5.91 Å². The molecular weight excluding hydrogens is 310 g/mol. The number of aliphatic carboxylic acids is 1. The van der Waals surface area contributed by atoms with Gasteiger partial charge < -0.3 is 10.4 Å². The number of carboxylic acids is 1. The summed E-state index contributed by atoms with van der Waals surface area (Å²) < 4.78 is 0. The molecule has 0 radical (unpaired) electrons. The molecule has 0 unspecified atom stereocenters. The van der Waals surface area contributed by atoms with E-state index in [1.54, 1.807) is 24.3 Å². The lowest BCUT2D eigenvalue weighted by atomic mass is 10.2. The van der Waals surface area contributed by atoms with Gasteiger partial charge in [0.2, 0.25) is 0 Å². The number of amides is 1. The fourth-order valence-corrected chi connectivity index (χ4v) is 2.79. The summed E-state index contributed by atoms with van der Waals surface area (Å²) in [6.07, 6.45) is 2.54. The number of rotatable bonds is 4. The van der Waals surface area contributed by atoms with Crippen molar-refractivity contribution in [2.45, 2.75) is 6.92 Å². The van der Waals surface area contributed by atoms with Crippen molar-refractivity contribution in [1.82, 2.24) is 0 Å². The summed E-state index contributed by atoms with van der Waals surface area (Å²) in [7, 11) is 0. The zero-order valence-electron chi connectivity index (χ0n) is 11.1. The molecule has 1 aromatic carbocycles. The average molecular weight is 322 g/mol. The van der Waals surface area contributed by atoms with Gasteiger partial charge in [0, 0.05) is 11.8 Å². The van der Waals surface area contributed by atoms with Gasteiger partial charge in [-0.05, 0) is 41.6 Å². The molecule has 4 nitrogen and oxygen atoms in total. The highest BCUT2D eigenvalue weighted by atomic mass is 35.5. The van der Waals surface area contributed by atoms with E-state index < -0.39 is 5.97 Å². The maximum Gasteiger partial charge on any atom is 0.328 e. The van der Waals surface area contributed by atoms with Crippen LogP contribution in [0.1, 0.15) is 20.8 Å². The summed E-state index contributed by atoms with van der Waals surface area (Å²) in [6, 6.07) is 6.84. The standard InChI is InChI=1S/C15H12ClNO3S/c1-9-8-21-14(13(9)16)15(20)17-11-5-2-10(3-6-11)4-7-12(18)19/h2-8H,1H3,(H,17,20)(H,18,19)/b7-4+. The first-order chi connectivity index (χ1) is 9.97. The van der Waals surface area contributed by atoms with Crippen LogP contribution in [0.15, 0.2) is 35.7 Å². The normalized spacial score (nSPS) is 10.8. The quantitative estimate of drug-likeness (QED) is 0.834. The van der Waals surface area contributed by atoms with Gasteiger partial charge in [0.1, 0.15) is 4.88 Å². The Balaban J connectivity index is 2.08. The van der Waals surface area contributed by atoms with Crippen molar-refractivity contribution in [3.05, 3.63) is 56.7 Å². The number of hydrogen-bond acceptors (Lipinski definition) is 3. The van der Waals surface area contributed by atoms with Crippen molar-refractivity contribution < 1.29 is 14.7 Å². The number of carboxylic acid groups (broad SMARTS) is 1. The number of nitrogens with one attached hydrogen (secondary N) is 1. The minimum atomic E-state index is -1.00. The molecule has 1 aromatic heterocycles. The van der Waals surface area contributed by atoms with E-state index >= 15 is 0 Å². The van der Waals surface area contributed by atoms with Crippen LogP contribution in [0.2, 0.25) is 5.02 Å². The molecule has 0 aliphatic carbocycles. The summed E-state index contributed by atoms with van der Waals surface area (Å²) in [5.74, 6) is -1.26. The molecule has 0 aliphatic rings. The van der Waals surface area contributed by atoms with E-state index in [0.717, 1.165) is 17.2 Å². The van der Waals surface area contributed by atoms with Crippen molar-refractivity contribution in [3.63, 3.8) is 0 Å². The molecule has 21 heavy (non-hydrogen) atoms. The first kappa shape index (κ1) is 15.3. The number of hydrogen-bond donors (Lipinski definition) is 2. The fourth-order valence-electron chi connectivity index (χ4n) is 1.62. The number of benzene rings is 1. The predicted molar refractivity (Wildman–Crippen MR) is 85.1 cm³/mol. The largest absolute Gasteiger partial charge is 0.478 e. The third-order valence-corrected chi connectivity index (χ3v) is 4.39. The molecule has 1 amide bonds. The smallest absolute Gasteiger partial charge is 0.328 e. The maximum absolute atomic E-state index is 12.1. The van der Waals surface area contributed by atoms with Crippen LogP contribution in [0.25, 0.3) is 6.08 Å². The number of halogens is 1. The average Bonchev–Trinajstić information content (AvgIpc) is 2.78. The van der Waals surface area contributed by atoms with E-state index in [2.05, 4.69) is 5.32 Å². The predicted octanol–water partition coefficient (Wildman–Crippen LogP) is 4.06. The molecular formula is C15H12ClNO3S. The summed E-state index contributed by atoms with van der Waals surface area (Å²) in [5.41, 5.74) is 2.23. The van der Waals surface area contributed by atoms with Crippen LogP contribution in [0.4, 0.5) is 5.69 Å². The topological polar surface area (TPSA) is 66.4 Å². The highest BCUT2D eigenvalue weighted by molar-refractivity contribution is 7.13. The Kier molecular flexibility index (Phi) is 4.77. The summed E-state index contributed by atoms with van der Waals surface area (Å²) >= 11 is 7.35. The lowest BCUT2D eigenvalue weighted by Gasteiger charge is -2.04. The van der Waals surface area contributed by atoms with Gasteiger partial charge in [0.15, 0.2) is 0 Å². The van der Waals surface area contributed by atoms with Crippen LogP contribution in [0, 0.1) is 6.92 Å². The summed E-state index contributed by atoms with van der Waals surface area (Å²) in [4.78, 5) is 23.0. The number of aryl methyl sites for hydroxylation is 1. The minimum Gasteiger partial charge on any atom is -0.478 e. The number of thiophene rings is 1. The zero-order chi connectivity index (χ0) is 15.4. The van der Waals surface area contributed by atoms with Gasteiger partial charge >= 0.3 is 5.97 Å². The summed E-state index contributed by atoms with van der Waals surface area (Å²) in [5, 5.41) is 13.6. The van der Waals surface area contributed by atoms with Gasteiger partial charge in [-0.2, -0.15) is 0 Å². The molecule has 0 fully saturated rings. The third-order valence-electron chi connectivity index (χ3n) is 2.69. The van der Waals surface area contributed by atoms with Crippen LogP contribution in [0.5, 0.6) is 0 Å². The summed E-state index contributed by atoms with van der Waals surface area (Å²) in [6.45, 7) is 1.85. The Hall–Kier alpha value is -2.11. The lowest BCUT2D eigenvalue weighted by Crippen LogP contribution is -2.10. The van der Waals surface area contributed by atoms with Crippen LogP contribution in [0.3, 0.4) is 0 Å². The molecule has 0 saturated carbocycles. The first-order valence-corrected chi connectivity index (χ1v) is 7.29. The first-order valence-electron chi connectivity index (χ1n) is 6.03. The second kappa shape index (κ2) is 6.56. The molecule has 108 valence electrons. The van der Waals surface area contributed by atoms with E-state index in [0.29, 0.717) is 15.6 Å². The monoisotopic (exact) mass is 321 g/mol. The molecule has 6 heteroatoms. The molecule has 2 rings (SSSR count). The highest BCUT2D eigenvalue weighted by Gasteiger charge is 2.14. The van der Waals surface area contributed by atoms with E-state index in [1.807, 2.05) is 12.3 Å². The van der Waals surface area contributed by atoms with Gasteiger partial charge in [-0.15, -0.1) is 11.3 Å². The van der Waals surface area contributed by atoms with Crippen LogP contribution >= 0.6 is 22.9 Å². The van der Waals surface area contributed by atoms with Gasteiger partial charge in [-0.3, -0.25) is 4.79 Å². The number of anilines is 1. The Morgan fingerprint density at radius 3 is 2.48 bits per heavy atom. The van der Waals surface area contributed by atoms with Crippen molar-refractivity contribution in [2.24, 2.45) is 0 Å². The van der Waals surface area contributed by atoms with Crippen LogP contribution < -0.4 is 5.32 Å². The third kappa shape index (κ3) is 3.93. The maximum atomic E-state index is 12.1. The molecule has 2 N–H and O–H groups in total. The molecule has 0 bridgehead atoms. The Morgan fingerprint density at radius 1 is 1.29 bits per heavy atom. The molecule has 0 atom stereocenters. The van der Waals surface area contributed by atoms with Crippen LogP contribution in [-0.2, 0) is 4.79 Å². The van der Waals surface area contributed by atoms with Crippen molar-refractivity contribution in [3.8, 4) is 0 Å². The fraction of sp³-hybridized carbons (Fsp3) is 0.0667. The second-order valence-corrected chi connectivity index (χ2v) is 5.57. The van der Waals surface area contributed by atoms with E-state index in [9.17, 15) is 9.59 Å². The molecule has 0 spiro atoms. The van der Waals surface area contributed by atoms with Crippen LogP contribution in [-0.4, -0.2) is 17.0 Å². The Bertz CT molecular complexity index is 704. The minimum absolute atomic E-state index is 0.257. The van der Waals surface area contributed by atoms with Gasteiger partial charge in [0.05, 0.1) is 5.02 Å². The molecule has 0 saturated heterocycles. The lowest BCUT2D eigenvalue weighted by molar-refractivity contribution is -0.131. The zero-order valence-corrected chi connectivity index (χ0v) is 12.7. The Labute approximate surface area is 130 Å². The second-order valence-electron chi connectivity index (χ2n) is 4.31. The van der Waals surface area contributed by atoms with E-state index in [1.165, 1.54) is 17.4 Å². The Morgan fingerprint density at radius 2 is 1.95 bits per heavy atom. The molecule has 2 aromatic rings. The van der Waals surface area contributed by atoms with Crippen molar-refractivity contribution >= 4 is 46.6 Å². The van der Waals surface area contributed by atoms with Gasteiger partial charge in [-0.1, -0.05) is 23.7 Å². The number of carbonyl (C=O) groups is 2.